The average Bonchev–Trinajstić information content (AvgIpc) is 3.15. The molecule has 28 heavy (non-hydrogen) atoms. The van der Waals surface area contributed by atoms with Gasteiger partial charge in [-0.15, -0.1) is 0 Å². The molecule has 1 aromatic heterocycles. The predicted molar refractivity (Wildman–Crippen MR) is 103 cm³/mol. The van der Waals surface area contributed by atoms with Gasteiger partial charge in [0.1, 0.15) is 11.2 Å². The minimum Gasteiger partial charge on any atom is -0.351 e. The molecule has 8 nitrogen and oxygen atoms in total. The van der Waals surface area contributed by atoms with Crippen LogP contribution >= 0.6 is 0 Å². The van der Waals surface area contributed by atoms with Crippen LogP contribution in [0.25, 0.3) is 0 Å². The van der Waals surface area contributed by atoms with Gasteiger partial charge in [-0.1, -0.05) is 19.8 Å². The first-order valence-electron chi connectivity index (χ1n) is 10.4. The van der Waals surface area contributed by atoms with Crippen LogP contribution in [0, 0.1) is 0 Å². The van der Waals surface area contributed by atoms with Gasteiger partial charge in [0.25, 0.3) is 11.8 Å². The largest absolute Gasteiger partial charge is 0.351 e. The van der Waals surface area contributed by atoms with Gasteiger partial charge in [0.05, 0.1) is 6.54 Å². The van der Waals surface area contributed by atoms with E-state index in [1.165, 1.54) is 4.68 Å². The molecule has 0 unspecified atom stereocenters. The van der Waals surface area contributed by atoms with Crippen LogP contribution in [-0.2, 0) is 11.3 Å². The Balaban J connectivity index is 1.60. The monoisotopic (exact) mass is 387 g/mol. The molecule has 2 heterocycles. The van der Waals surface area contributed by atoms with E-state index < -0.39 is 5.54 Å². The third-order valence-corrected chi connectivity index (χ3v) is 6.07. The van der Waals surface area contributed by atoms with Crippen LogP contribution in [0.4, 0.5) is 0 Å². The second kappa shape index (κ2) is 7.22. The quantitative estimate of drug-likeness (QED) is 0.772. The average molecular weight is 387 g/mol. The smallest absolute Gasteiger partial charge is 0.273 e. The molecule has 2 aliphatic carbocycles. The number of fused-ring (bicyclic) bond motifs is 1. The summed E-state index contributed by atoms with van der Waals surface area (Å²) in [4.78, 5) is 40.4. The molecule has 0 radical (unpaired) electrons. The van der Waals surface area contributed by atoms with Gasteiger partial charge in [-0.3, -0.25) is 19.1 Å². The highest BCUT2D eigenvalue weighted by Gasteiger charge is 2.48. The summed E-state index contributed by atoms with van der Waals surface area (Å²) in [5.74, 6) is -0.627. The topological polar surface area (TPSA) is 96.3 Å². The molecule has 1 atom stereocenters. The Hall–Kier alpha value is -2.38. The molecule has 3 aliphatic rings. The van der Waals surface area contributed by atoms with Crippen LogP contribution < -0.4 is 10.6 Å². The molecule has 2 saturated carbocycles. The molecule has 1 aromatic rings. The molecule has 0 bridgehead atoms. The van der Waals surface area contributed by atoms with Crippen molar-refractivity contribution in [2.24, 2.45) is 0 Å². The van der Waals surface area contributed by atoms with Crippen LogP contribution in [0.15, 0.2) is 6.07 Å². The first kappa shape index (κ1) is 19.0. The zero-order valence-corrected chi connectivity index (χ0v) is 16.7. The molecular weight excluding hydrogens is 358 g/mol. The van der Waals surface area contributed by atoms with Gasteiger partial charge in [0.2, 0.25) is 5.91 Å². The molecule has 2 fully saturated rings. The SMILES string of the molecule is CCCN1C(=O)c2cc(C(=O)NC3CC3)nn2C[C@]1(C)C(=O)NC1CCCC1. The van der Waals surface area contributed by atoms with Crippen LogP contribution in [0.5, 0.6) is 0 Å². The van der Waals surface area contributed by atoms with E-state index in [-0.39, 0.29) is 42.0 Å². The number of rotatable bonds is 6. The molecule has 2 N–H and O–H groups in total. The second-order valence-corrected chi connectivity index (χ2v) is 8.51. The highest BCUT2D eigenvalue weighted by molar-refractivity contribution is 6.02. The highest BCUT2D eigenvalue weighted by atomic mass is 16.2. The minimum absolute atomic E-state index is 0.133. The summed E-state index contributed by atoms with van der Waals surface area (Å²) in [6.45, 7) is 4.54. The van der Waals surface area contributed by atoms with E-state index in [1.54, 1.807) is 17.9 Å². The number of hydrogen-bond donors (Lipinski definition) is 2. The maximum absolute atomic E-state index is 13.2. The molecule has 4 rings (SSSR count). The van der Waals surface area contributed by atoms with Crippen molar-refractivity contribution in [2.45, 2.75) is 83.0 Å². The summed E-state index contributed by atoms with van der Waals surface area (Å²) < 4.78 is 1.53. The fraction of sp³-hybridized carbons (Fsp3) is 0.700. The van der Waals surface area contributed by atoms with Crippen LogP contribution in [0.1, 0.15) is 79.8 Å². The van der Waals surface area contributed by atoms with Gasteiger partial charge in [-0.25, -0.2) is 0 Å². The van der Waals surface area contributed by atoms with Crippen molar-refractivity contribution in [3.8, 4) is 0 Å². The summed E-state index contributed by atoms with van der Waals surface area (Å²) >= 11 is 0. The second-order valence-electron chi connectivity index (χ2n) is 8.51. The zero-order chi connectivity index (χ0) is 19.9. The third-order valence-electron chi connectivity index (χ3n) is 6.07. The number of nitrogens with zero attached hydrogens (tertiary/aromatic N) is 3. The van der Waals surface area contributed by atoms with Crippen LogP contribution in [-0.4, -0.2) is 56.6 Å². The fourth-order valence-electron chi connectivity index (χ4n) is 4.22. The lowest BCUT2D eigenvalue weighted by atomic mass is 9.94. The van der Waals surface area contributed by atoms with Crippen molar-refractivity contribution >= 4 is 17.7 Å². The van der Waals surface area contributed by atoms with Crippen LogP contribution in [0.3, 0.4) is 0 Å². The zero-order valence-electron chi connectivity index (χ0n) is 16.7. The Bertz CT molecular complexity index is 794. The van der Waals surface area contributed by atoms with E-state index >= 15 is 0 Å². The van der Waals surface area contributed by atoms with Crippen molar-refractivity contribution in [1.29, 1.82) is 0 Å². The Kier molecular flexibility index (Phi) is 4.89. The lowest BCUT2D eigenvalue weighted by Crippen LogP contribution is -2.65. The van der Waals surface area contributed by atoms with Gasteiger partial charge in [0, 0.05) is 24.7 Å². The lowest BCUT2D eigenvalue weighted by molar-refractivity contribution is -0.133. The minimum atomic E-state index is -1.01. The molecule has 1 aliphatic heterocycles. The number of amides is 3. The van der Waals surface area contributed by atoms with E-state index in [0.717, 1.165) is 44.9 Å². The van der Waals surface area contributed by atoms with E-state index in [1.807, 2.05) is 6.92 Å². The summed E-state index contributed by atoms with van der Waals surface area (Å²) in [5.41, 5.74) is -0.397. The molecule has 3 amide bonds. The summed E-state index contributed by atoms with van der Waals surface area (Å²) in [6, 6.07) is 1.96. The highest BCUT2D eigenvalue weighted by Crippen LogP contribution is 2.29. The molecule has 0 saturated heterocycles. The summed E-state index contributed by atoms with van der Waals surface area (Å²) in [7, 11) is 0. The van der Waals surface area contributed by atoms with E-state index in [4.69, 9.17) is 0 Å². The number of aromatic nitrogens is 2. The van der Waals surface area contributed by atoms with Crippen molar-refractivity contribution in [1.82, 2.24) is 25.3 Å². The van der Waals surface area contributed by atoms with Gasteiger partial charge in [-0.05, 0) is 39.0 Å². The third kappa shape index (κ3) is 3.40. The van der Waals surface area contributed by atoms with Crippen molar-refractivity contribution in [3.63, 3.8) is 0 Å². The van der Waals surface area contributed by atoms with Gasteiger partial charge < -0.3 is 15.5 Å². The maximum Gasteiger partial charge on any atom is 0.273 e. The maximum atomic E-state index is 13.2. The Labute approximate surface area is 165 Å². The molecule has 0 aromatic carbocycles. The molecule has 8 heteroatoms. The normalized spacial score (nSPS) is 24.9. The number of hydrogen-bond acceptors (Lipinski definition) is 4. The van der Waals surface area contributed by atoms with Gasteiger partial charge in [-0.2, -0.15) is 5.10 Å². The Morgan fingerprint density at radius 1 is 1.18 bits per heavy atom. The number of carbonyl (C=O) groups excluding carboxylic acids is 3. The first-order valence-corrected chi connectivity index (χ1v) is 10.4. The van der Waals surface area contributed by atoms with Gasteiger partial charge >= 0.3 is 0 Å². The Morgan fingerprint density at radius 2 is 1.86 bits per heavy atom. The van der Waals surface area contributed by atoms with Gasteiger partial charge in [0.15, 0.2) is 5.69 Å². The van der Waals surface area contributed by atoms with Crippen molar-refractivity contribution in [2.75, 3.05) is 6.54 Å². The molecule has 152 valence electrons. The Morgan fingerprint density at radius 3 is 2.50 bits per heavy atom. The first-order chi connectivity index (χ1) is 13.4. The van der Waals surface area contributed by atoms with E-state index in [9.17, 15) is 14.4 Å². The summed E-state index contributed by atoms with van der Waals surface area (Å²) in [5, 5.41) is 10.4. The van der Waals surface area contributed by atoms with Crippen molar-refractivity contribution in [3.05, 3.63) is 17.5 Å². The van der Waals surface area contributed by atoms with Crippen molar-refractivity contribution < 1.29 is 14.4 Å². The predicted octanol–water partition coefficient (Wildman–Crippen LogP) is 1.46. The lowest BCUT2D eigenvalue weighted by Gasteiger charge is -2.43. The van der Waals surface area contributed by atoms with E-state index in [2.05, 4.69) is 15.7 Å². The molecular formula is C20H29N5O3. The number of carbonyl (C=O) groups is 3. The number of nitrogens with one attached hydrogen (secondary N) is 2. The molecule has 0 spiro atoms. The standard InChI is InChI=1S/C20H29N5O3/c1-3-10-24-18(27)16-11-15(17(26)21-14-8-9-14)23-25(16)12-20(24,2)19(28)22-13-6-4-5-7-13/h11,13-14H,3-10,12H2,1-2H3,(H,21,26)(H,22,28)/t20-/m1/s1. The van der Waals surface area contributed by atoms with Crippen LogP contribution in [0.2, 0.25) is 0 Å². The van der Waals surface area contributed by atoms with E-state index in [0.29, 0.717) is 12.2 Å². The summed E-state index contributed by atoms with van der Waals surface area (Å²) in [6.07, 6.45) is 6.96. The fourth-order valence-corrected chi connectivity index (χ4v) is 4.22.